The number of methoxy groups -OCH3 is 3. The Kier molecular flexibility index (Phi) is 11.1. The van der Waals surface area contributed by atoms with Crippen molar-refractivity contribution in [2.45, 2.75) is 13.3 Å². The maximum absolute atomic E-state index is 12.9. The van der Waals surface area contributed by atoms with Crippen molar-refractivity contribution >= 4 is 29.7 Å². The predicted octanol–water partition coefficient (Wildman–Crippen LogP) is 5.28. The van der Waals surface area contributed by atoms with E-state index in [9.17, 15) is 14.4 Å². The predicted molar refractivity (Wildman–Crippen MR) is 169 cm³/mol. The van der Waals surface area contributed by atoms with E-state index in [4.69, 9.17) is 23.7 Å². The van der Waals surface area contributed by atoms with Crippen molar-refractivity contribution in [3.8, 4) is 28.7 Å². The Hall–Kier alpha value is -5.84. The van der Waals surface area contributed by atoms with Crippen molar-refractivity contribution in [2.75, 3.05) is 33.3 Å². The lowest BCUT2D eigenvalue weighted by atomic mass is 10.1. The van der Waals surface area contributed by atoms with Gasteiger partial charge < -0.3 is 29.0 Å². The van der Waals surface area contributed by atoms with Gasteiger partial charge in [-0.3, -0.25) is 14.4 Å². The van der Waals surface area contributed by atoms with Gasteiger partial charge >= 0.3 is 5.97 Å². The van der Waals surface area contributed by atoms with Gasteiger partial charge in [0.2, 0.25) is 5.75 Å². The largest absolute Gasteiger partial charge is 0.493 e. The number of ether oxygens (including phenoxy) is 5. The first-order chi connectivity index (χ1) is 21.8. The van der Waals surface area contributed by atoms with Crippen molar-refractivity contribution in [2.24, 2.45) is 5.10 Å². The van der Waals surface area contributed by atoms with Gasteiger partial charge in [0.25, 0.3) is 11.8 Å². The van der Waals surface area contributed by atoms with Crippen LogP contribution in [0.5, 0.6) is 28.7 Å². The number of anilines is 1. The second-order valence-corrected chi connectivity index (χ2v) is 9.42. The molecule has 4 aromatic rings. The molecule has 0 saturated heterocycles. The average Bonchev–Trinajstić information content (AvgIpc) is 3.05. The van der Waals surface area contributed by atoms with Crippen LogP contribution in [0.1, 0.15) is 38.8 Å². The lowest BCUT2D eigenvalue weighted by molar-refractivity contribution is -0.133. The molecule has 4 rings (SSSR count). The Bertz CT molecular complexity index is 1650. The summed E-state index contributed by atoms with van der Waals surface area (Å²) in [5.41, 5.74) is 5.03. The molecule has 0 unspecified atom stereocenters. The number of benzene rings is 4. The summed E-state index contributed by atoms with van der Waals surface area (Å²) in [5.74, 6) is 0.465. The maximum Gasteiger partial charge on any atom is 0.315 e. The van der Waals surface area contributed by atoms with Crippen LogP contribution in [0, 0.1) is 0 Å². The lowest BCUT2D eigenvalue weighted by Crippen LogP contribution is -2.18. The molecule has 0 aliphatic heterocycles. The van der Waals surface area contributed by atoms with Crippen molar-refractivity contribution in [3.05, 3.63) is 107 Å². The quantitative estimate of drug-likeness (QED) is 0.0904. The zero-order valence-electron chi connectivity index (χ0n) is 25.3. The van der Waals surface area contributed by atoms with E-state index in [2.05, 4.69) is 15.8 Å². The van der Waals surface area contributed by atoms with E-state index in [1.54, 1.807) is 54.6 Å². The van der Waals surface area contributed by atoms with Crippen molar-refractivity contribution < 1.29 is 38.1 Å². The van der Waals surface area contributed by atoms with Gasteiger partial charge in [-0.25, -0.2) is 5.43 Å². The minimum Gasteiger partial charge on any atom is -0.493 e. The summed E-state index contributed by atoms with van der Waals surface area (Å²) >= 11 is 0. The number of nitrogens with one attached hydrogen (secondary N) is 2. The summed E-state index contributed by atoms with van der Waals surface area (Å²) in [6.07, 6.45) is 1.57. The molecule has 0 aliphatic rings. The van der Waals surface area contributed by atoms with Crippen LogP contribution in [0.4, 0.5) is 5.69 Å². The Morgan fingerprint density at radius 2 is 1.42 bits per heavy atom. The molecule has 11 heteroatoms. The number of carbonyl (C=O) groups is 3. The highest BCUT2D eigenvalue weighted by atomic mass is 16.6. The topological polar surface area (TPSA) is 134 Å². The molecule has 0 aromatic heterocycles. The van der Waals surface area contributed by atoms with Crippen molar-refractivity contribution in [1.82, 2.24) is 5.43 Å². The van der Waals surface area contributed by atoms with Crippen LogP contribution >= 0.6 is 0 Å². The summed E-state index contributed by atoms with van der Waals surface area (Å²) in [4.78, 5) is 37.9. The molecule has 11 nitrogen and oxygen atoms in total. The first kappa shape index (κ1) is 32.1. The normalized spacial score (nSPS) is 10.6. The third kappa shape index (κ3) is 8.60. The third-order valence-electron chi connectivity index (χ3n) is 6.39. The molecule has 4 aromatic carbocycles. The van der Waals surface area contributed by atoms with E-state index >= 15 is 0 Å². The average molecular weight is 612 g/mol. The van der Waals surface area contributed by atoms with Gasteiger partial charge in [-0.1, -0.05) is 30.3 Å². The molecule has 0 saturated carbocycles. The minimum absolute atomic E-state index is 0.127. The highest BCUT2D eigenvalue weighted by Crippen LogP contribution is 2.38. The summed E-state index contributed by atoms with van der Waals surface area (Å²) < 4.78 is 27.1. The molecule has 0 fully saturated rings. The van der Waals surface area contributed by atoms with Crippen LogP contribution < -0.4 is 34.4 Å². The molecule has 0 aliphatic carbocycles. The second kappa shape index (κ2) is 15.6. The summed E-state index contributed by atoms with van der Waals surface area (Å²) in [5, 5.41) is 6.81. The standard InChI is InChI=1S/C34H33N3O8/c1-5-44-28-17-23(11-16-27(28)45-31(38)18-22-9-7-6-8-10-22)21-35-37-34(40)24-12-14-26(15-13-24)36-33(39)25-19-29(41-2)32(43-4)30(20-25)42-3/h6-17,19-21H,5,18H2,1-4H3,(H,36,39)(H,37,40)/b35-21-. The third-order valence-corrected chi connectivity index (χ3v) is 6.39. The van der Waals surface area contributed by atoms with Gasteiger partial charge in [0.15, 0.2) is 23.0 Å². The van der Waals surface area contributed by atoms with Crippen LogP contribution in [-0.2, 0) is 11.2 Å². The number of hydrogen-bond donors (Lipinski definition) is 2. The zero-order valence-corrected chi connectivity index (χ0v) is 25.3. The SMILES string of the molecule is CCOc1cc(/C=N\NC(=O)c2ccc(NC(=O)c3cc(OC)c(OC)c(OC)c3)cc2)ccc1OC(=O)Cc1ccccc1. The van der Waals surface area contributed by atoms with Crippen LogP contribution in [0.15, 0.2) is 90.0 Å². The molecule has 232 valence electrons. The van der Waals surface area contributed by atoms with Gasteiger partial charge in [0.1, 0.15) is 0 Å². The van der Waals surface area contributed by atoms with E-state index in [1.165, 1.54) is 27.5 Å². The van der Waals surface area contributed by atoms with Gasteiger partial charge in [-0.15, -0.1) is 0 Å². The highest BCUT2D eigenvalue weighted by Gasteiger charge is 2.17. The van der Waals surface area contributed by atoms with E-state index in [1.807, 2.05) is 37.3 Å². The molecule has 0 bridgehead atoms. The number of nitrogens with zero attached hydrogens (tertiary/aromatic N) is 1. The fourth-order valence-corrected chi connectivity index (χ4v) is 4.23. The van der Waals surface area contributed by atoms with E-state index in [-0.39, 0.29) is 12.2 Å². The Balaban J connectivity index is 1.35. The number of amides is 2. The molecule has 0 atom stereocenters. The molecule has 0 radical (unpaired) electrons. The molecule has 45 heavy (non-hydrogen) atoms. The monoisotopic (exact) mass is 611 g/mol. The summed E-state index contributed by atoms with van der Waals surface area (Å²) in [7, 11) is 4.41. The number of hydrazone groups is 1. The molecule has 2 N–H and O–H groups in total. The van der Waals surface area contributed by atoms with Crippen molar-refractivity contribution in [1.29, 1.82) is 0 Å². The smallest absolute Gasteiger partial charge is 0.315 e. The highest BCUT2D eigenvalue weighted by molar-refractivity contribution is 6.05. The second-order valence-electron chi connectivity index (χ2n) is 9.42. The molecular weight excluding hydrogens is 578 g/mol. The number of esters is 1. The first-order valence-electron chi connectivity index (χ1n) is 13.9. The fourth-order valence-electron chi connectivity index (χ4n) is 4.23. The Labute approximate surface area is 260 Å². The fraction of sp³-hybridized carbons (Fsp3) is 0.176. The van der Waals surface area contributed by atoms with Crippen LogP contribution in [0.25, 0.3) is 0 Å². The van der Waals surface area contributed by atoms with Crippen molar-refractivity contribution in [3.63, 3.8) is 0 Å². The maximum atomic E-state index is 12.9. The number of rotatable bonds is 13. The number of carbonyl (C=O) groups excluding carboxylic acids is 3. The van der Waals surface area contributed by atoms with Crippen LogP contribution in [0.3, 0.4) is 0 Å². The summed E-state index contributed by atoms with van der Waals surface area (Å²) in [6, 6.07) is 23.7. The number of hydrogen-bond acceptors (Lipinski definition) is 9. The lowest BCUT2D eigenvalue weighted by Gasteiger charge is -2.14. The molecule has 2 amide bonds. The van der Waals surface area contributed by atoms with E-state index in [0.717, 1.165) is 5.56 Å². The Morgan fingerprint density at radius 1 is 0.733 bits per heavy atom. The Morgan fingerprint density at radius 3 is 2.04 bits per heavy atom. The zero-order chi connectivity index (χ0) is 32.2. The van der Waals surface area contributed by atoms with Crippen LogP contribution in [0.2, 0.25) is 0 Å². The molecule has 0 spiro atoms. The van der Waals surface area contributed by atoms with Gasteiger partial charge in [0.05, 0.1) is 40.6 Å². The summed E-state index contributed by atoms with van der Waals surface area (Å²) in [6.45, 7) is 2.18. The first-order valence-corrected chi connectivity index (χ1v) is 13.9. The van der Waals surface area contributed by atoms with Gasteiger partial charge in [-0.2, -0.15) is 5.10 Å². The molecular formula is C34H33N3O8. The van der Waals surface area contributed by atoms with E-state index < -0.39 is 17.8 Å². The van der Waals surface area contributed by atoms with Crippen LogP contribution in [-0.4, -0.2) is 51.9 Å². The molecule has 0 heterocycles. The van der Waals surface area contributed by atoms with E-state index in [0.29, 0.717) is 52.0 Å². The van der Waals surface area contributed by atoms with Gasteiger partial charge in [-0.05, 0) is 72.6 Å². The van der Waals surface area contributed by atoms with Gasteiger partial charge in [0, 0.05) is 16.8 Å². The minimum atomic E-state index is -0.453.